The van der Waals surface area contributed by atoms with E-state index in [4.69, 9.17) is 37.8 Å². The van der Waals surface area contributed by atoms with Gasteiger partial charge in [0.25, 0.3) is 0 Å². The summed E-state index contributed by atoms with van der Waals surface area (Å²) in [6.07, 6.45) is 7.51. The average molecular weight is 582 g/mol. The number of hydrogen-bond donors (Lipinski definition) is 2. The van der Waals surface area contributed by atoms with Crippen LogP contribution in [-0.2, 0) is 22.6 Å². The highest BCUT2D eigenvalue weighted by Gasteiger charge is 2.13. The zero-order chi connectivity index (χ0) is 28.5. The standard InChI is InChI=1S/C31H29Cl2NO6/c32-26-8-3-9-27(30(26)33)40-18-4-17-39-24-15-12-21(13-16-24)11-14-22-5-1-7-25-23(6-2-10-28(35)36)19-34(31(22)25)20-29(37)38/h1,3,5,7-9,11-16,19H,2,4,6,10,17-18,20H2,(H,35,36)(H,37,38)/b14-11+. The van der Waals surface area contributed by atoms with Gasteiger partial charge in [-0.2, -0.15) is 0 Å². The van der Waals surface area contributed by atoms with Crippen LogP contribution in [0.4, 0.5) is 0 Å². The molecular weight excluding hydrogens is 553 g/mol. The summed E-state index contributed by atoms with van der Waals surface area (Å²) in [7, 11) is 0. The predicted molar refractivity (Wildman–Crippen MR) is 158 cm³/mol. The van der Waals surface area contributed by atoms with Gasteiger partial charge in [0, 0.05) is 24.4 Å². The van der Waals surface area contributed by atoms with E-state index in [2.05, 4.69) is 0 Å². The van der Waals surface area contributed by atoms with Crippen molar-refractivity contribution in [2.24, 2.45) is 0 Å². The number of rotatable bonds is 14. The van der Waals surface area contributed by atoms with Gasteiger partial charge in [-0.15, -0.1) is 0 Å². The second-order valence-corrected chi connectivity index (χ2v) is 9.96. The molecule has 208 valence electrons. The Balaban J connectivity index is 1.38. The number of carboxylic acids is 2. The summed E-state index contributed by atoms with van der Waals surface area (Å²) in [5, 5.41) is 20.2. The van der Waals surface area contributed by atoms with Gasteiger partial charge in [0.05, 0.1) is 23.8 Å². The van der Waals surface area contributed by atoms with Crippen LogP contribution in [0.1, 0.15) is 36.0 Å². The third-order valence-electron chi connectivity index (χ3n) is 6.22. The third kappa shape index (κ3) is 7.81. The quantitative estimate of drug-likeness (QED) is 0.118. The zero-order valence-corrected chi connectivity index (χ0v) is 23.2. The van der Waals surface area contributed by atoms with Crippen molar-refractivity contribution in [1.29, 1.82) is 0 Å². The summed E-state index contributed by atoms with van der Waals surface area (Å²) in [6, 6.07) is 18.7. The zero-order valence-electron chi connectivity index (χ0n) is 21.7. The molecule has 2 N–H and O–H groups in total. The van der Waals surface area contributed by atoms with Gasteiger partial charge >= 0.3 is 11.9 Å². The lowest BCUT2D eigenvalue weighted by molar-refractivity contribution is -0.138. The van der Waals surface area contributed by atoms with Gasteiger partial charge < -0.3 is 24.3 Å². The highest BCUT2D eigenvalue weighted by Crippen LogP contribution is 2.31. The number of fused-ring (bicyclic) bond motifs is 1. The first-order chi connectivity index (χ1) is 19.3. The van der Waals surface area contributed by atoms with Crippen LogP contribution in [0, 0.1) is 0 Å². The molecule has 9 heteroatoms. The Labute approximate surface area is 242 Å². The number of nitrogens with zero attached hydrogens (tertiary/aromatic N) is 1. The fourth-order valence-corrected chi connectivity index (χ4v) is 4.73. The molecule has 1 aromatic heterocycles. The van der Waals surface area contributed by atoms with Crippen molar-refractivity contribution < 1.29 is 29.3 Å². The van der Waals surface area contributed by atoms with Crippen LogP contribution in [0.15, 0.2) is 66.9 Å². The maximum Gasteiger partial charge on any atom is 0.323 e. The molecule has 0 saturated carbocycles. The van der Waals surface area contributed by atoms with Crippen molar-refractivity contribution in [1.82, 2.24) is 4.57 Å². The number of aliphatic carboxylic acids is 2. The number of ether oxygens (including phenoxy) is 2. The van der Waals surface area contributed by atoms with Crippen LogP contribution in [0.25, 0.3) is 23.1 Å². The predicted octanol–water partition coefficient (Wildman–Crippen LogP) is 7.46. The fourth-order valence-electron chi connectivity index (χ4n) is 4.39. The molecule has 0 bridgehead atoms. The lowest BCUT2D eigenvalue weighted by Crippen LogP contribution is -2.07. The van der Waals surface area contributed by atoms with E-state index in [1.165, 1.54) is 0 Å². The lowest BCUT2D eigenvalue weighted by Gasteiger charge is -2.10. The molecule has 0 fully saturated rings. The van der Waals surface area contributed by atoms with Crippen molar-refractivity contribution in [2.45, 2.75) is 32.2 Å². The van der Waals surface area contributed by atoms with Crippen molar-refractivity contribution in [3.63, 3.8) is 0 Å². The van der Waals surface area contributed by atoms with Gasteiger partial charge in [-0.3, -0.25) is 9.59 Å². The number of carbonyl (C=O) groups is 2. The summed E-state index contributed by atoms with van der Waals surface area (Å²) in [6.45, 7) is 0.742. The SMILES string of the molecule is O=C(O)CCCc1cn(CC(=O)O)c2c(/C=C/c3ccc(OCCCOc4cccc(Cl)c4Cl)cc3)cccc12. The minimum atomic E-state index is -0.941. The van der Waals surface area contributed by atoms with Crippen molar-refractivity contribution in [3.05, 3.63) is 93.6 Å². The molecule has 0 unspecified atom stereocenters. The van der Waals surface area contributed by atoms with Gasteiger partial charge in [-0.1, -0.05) is 71.8 Å². The van der Waals surface area contributed by atoms with Crippen LogP contribution in [0.5, 0.6) is 11.5 Å². The molecule has 0 saturated heterocycles. The Morgan fingerprint density at radius 3 is 2.35 bits per heavy atom. The molecule has 4 aromatic rings. The number of hydrogen-bond acceptors (Lipinski definition) is 4. The maximum absolute atomic E-state index is 11.5. The Bertz CT molecular complexity index is 1510. The molecule has 0 aliphatic rings. The number of para-hydroxylation sites is 1. The summed E-state index contributed by atoms with van der Waals surface area (Å²) in [5.74, 6) is -0.502. The molecule has 0 radical (unpaired) electrons. The lowest BCUT2D eigenvalue weighted by atomic mass is 10.0. The molecule has 0 spiro atoms. The van der Waals surface area contributed by atoms with E-state index in [9.17, 15) is 14.7 Å². The largest absolute Gasteiger partial charge is 0.493 e. The molecule has 40 heavy (non-hydrogen) atoms. The molecular formula is C31H29Cl2NO6. The van der Waals surface area contributed by atoms with Crippen LogP contribution < -0.4 is 9.47 Å². The van der Waals surface area contributed by atoms with Gasteiger partial charge in [0.1, 0.15) is 23.1 Å². The Hall–Kier alpha value is -3.94. The van der Waals surface area contributed by atoms with E-state index in [0.29, 0.717) is 48.3 Å². The second-order valence-electron chi connectivity index (χ2n) is 9.17. The minimum Gasteiger partial charge on any atom is -0.493 e. The number of aromatic nitrogens is 1. The Morgan fingerprint density at radius 2 is 1.60 bits per heavy atom. The molecule has 3 aromatic carbocycles. The van der Waals surface area contributed by atoms with Gasteiger partial charge in [0.2, 0.25) is 0 Å². The monoisotopic (exact) mass is 581 g/mol. The van der Waals surface area contributed by atoms with Crippen molar-refractivity contribution >= 4 is 58.2 Å². The van der Waals surface area contributed by atoms with Gasteiger partial charge in [-0.25, -0.2) is 0 Å². The molecule has 1 heterocycles. The van der Waals surface area contributed by atoms with E-state index in [-0.39, 0.29) is 13.0 Å². The topological polar surface area (TPSA) is 98.0 Å². The van der Waals surface area contributed by atoms with E-state index < -0.39 is 11.9 Å². The van der Waals surface area contributed by atoms with E-state index >= 15 is 0 Å². The first-order valence-corrected chi connectivity index (χ1v) is 13.6. The van der Waals surface area contributed by atoms with E-state index in [0.717, 1.165) is 33.3 Å². The fraction of sp³-hybridized carbons (Fsp3) is 0.226. The van der Waals surface area contributed by atoms with Crippen molar-refractivity contribution in [3.8, 4) is 11.5 Å². The summed E-state index contributed by atoms with van der Waals surface area (Å²) < 4.78 is 13.2. The normalized spacial score (nSPS) is 11.2. The Kier molecular flexibility index (Phi) is 10.1. The molecule has 0 aliphatic heterocycles. The number of aryl methyl sites for hydroxylation is 1. The molecule has 0 amide bonds. The third-order valence-corrected chi connectivity index (χ3v) is 7.02. The number of carboxylic acid groups (broad SMARTS) is 2. The van der Waals surface area contributed by atoms with Crippen molar-refractivity contribution in [2.75, 3.05) is 13.2 Å². The van der Waals surface area contributed by atoms with Gasteiger partial charge in [-0.05, 0) is 53.8 Å². The smallest absolute Gasteiger partial charge is 0.323 e. The molecule has 7 nitrogen and oxygen atoms in total. The number of halogens is 2. The highest BCUT2D eigenvalue weighted by atomic mass is 35.5. The molecule has 0 atom stereocenters. The van der Waals surface area contributed by atoms with Crippen LogP contribution in [0.3, 0.4) is 0 Å². The first-order valence-electron chi connectivity index (χ1n) is 12.8. The first kappa shape index (κ1) is 29.1. The molecule has 0 aliphatic carbocycles. The maximum atomic E-state index is 11.5. The number of benzene rings is 3. The Morgan fingerprint density at radius 1 is 0.850 bits per heavy atom. The van der Waals surface area contributed by atoms with Crippen LogP contribution in [-0.4, -0.2) is 39.9 Å². The minimum absolute atomic E-state index is 0.0660. The van der Waals surface area contributed by atoms with Gasteiger partial charge in [0.15, 0.2) is 0 Å². The van der Waals surface area contributed by atoms with Crippen LogP contribution in [0.2, 0.25) is 10.0 Å². The highest BCUT2D eigenvalue weighted by molar-refractivity contribution is 6.42. The van der Waals surface area contributed by atoms with E-state index in [1.54, 1.807) is 22.8 Å². The summed E-state index contributed by atoms with van der Waals surface area (Å²) in [4.78, 5) is 22.4. The van der Waals surface area contributed by atoms with Crippen LogP contribution >= 0.6 is 23.2 Å². The second kappa shape index (κ2) is 13.9. The average Bonchev–Trinajstić information content (AvgIpc) is 3.27. The molecule has 4 rings (SSSR count). The van der Waals surface area contributed by atoms with E-state index in [1.807, 2.05) is 60.8 Å². The summed E-state index contributed by atoms with van der Waals surface area (Å²) in [5.41, 5.74) is 3.59. The summed E-state index contributed by atoms with van der Waals surface area (Å²) >= 11 is 12.1.